The highest BCUT2D eigenvalue weighted by molar-refractivity contribution is 5.85. The summed E-state index contributed by atoms with van der Waals surface area (Å²) >= 11 is 0. The molecule has 4 nitrogen and oxygen atoms in total. The van der Waals surface area contributed by atoms with Gasteiger partial charge in [-0.2, -0.15) is 5.10 Å². The maximum atomic E-state index is 11.9. The summed E-state index contributed by atoms with van der Waals surface area (Å²) in [5.41, 5.74) is 4.69. The monoisotopic (exact) mass is 265 g/mol. The zero-order valence-electron chi connectivity index (χ0n) is 10.9. The Hall–Kier alpha value is -2.49. The molecule has 1 aromatic heterocycles. The first-order valence-electron chi connectivity index (χ1n) is 6.62. The Kier molecular flexibility index (Phi) is 3.54. The van der Waals surface area contributed by atoms with Gasteiger partial charge in [-0.15, -0.1) is 0 Å². The molecule has 1 aromatic carbocycles. The van der Waals surface area contributed by atoms with Crippen LogP contribution in [0.4, 0.5) is 0 Å². The van der Waals surface area contributed by atoms with Gasteiger partial charge in [0.2, 0.25) is 5.91 Å². The maximum absolute atomic E-state index is 11.9. The van der Waals surface area contributed by atoms with Gasteiger partial charge in [0.25, 0.3) is 0 Å². The van der Waals surface area contributed by atoms with E-state index in [9.17, 15) is 4.79 Å². The van der Waals surface area contributed by atoms with Crippen LogP contribution in [0.2, 0.25) is 0 Å². The molecule has 1 amide bonds. The summed E-state index contributed by atoms with van der Waals surface area (Å²) in [4.78, 5) is 15.9. The number of amides is 1. The van der Waals surface area contributed by atoms with E-state index in [0.717, 1.165) is 12.0 Å². The summed E-state index contributed by atoms with van der Waals surface area (Å²) in [7, 11) is 0. The predicted octanol–water partition coefficient (Wildman–Crippen LogP) is 2.34. The molecule has 0 radical (unpaired) electrons. The van der Waals surface area contributed by atoms with E-state index in [1.807, 2.05) is 30.3 Å². The van der Waals surface area contributed by atoms with Gasteiger partial charge in [0, 0.05) is 23.9 Å². The Morgan fingerprint density at radius 3 is 2.85 bits per heavy atom. The van der Waals surface area contributed by atoms with Gasteiger partial charge in [0.15, 0.2) is 0 Å². The number of hydrogen-bond acceptors (Lipinski definition) is 3. The van der Waals surface area contributed by atoms with Crippen LogP contribution >= 0.6 is 0 Å². The first-order chi connectivity index (χ1) is 9.84. The predicted molar refractivity (Wildman–Crippen MR) is 77.3 cm³/mol. The highest BCUT2D eigenvalue weighted by Crippen LogP contribution is 2.47. The number of nitrogens with one attached hydrogen (secondary N) is 1. The summed E-state index contributed by atoms with van der Waals surface area (Å²) in [5, 5.41) is 3.97. The number of carbonyl (C=O) groups is 1. The molecule has 1 aliphatic carbocycles. The Morgan fingerprint density at radius 1 is 1.25 bits per heavy atom. The normalized spacial score (nSPS) is 20.8. The van der Waals surface area contributed by atoms with Crippen LogP contribution in [0.1, 0.15) is 23.5 Å². The van der Waals surface area contributed by atoms with Crippen molar-refractivity contribution < 1.29 is 4.79 Å². The number of carbonyl (C=O) groups excluding carboxylic acids is 1. The second kappa shape index (κ2) is 5.65. The third-order valence-electron chi connectivity index (χ3n) is 3.43. The number of pyridine rings is 1. The first-order valence-corrected chi connectivity index (χ1v) is 6.62. The van der Waals surface area contributed by atoms with Crippen LogP contribution in [-0.4, -0.2) is 17.1 Å². The van der Waals surface area contributed by atoms with E-state index in [1.165, 1.54) is 5.56 Å². The van der Waals surface area contributed by atoms with Crippen LogP contribution in [0.15, 0.2) is 60.0 Å². The average Bonchev–Trinajstić information content (AvgIpc) is 3.30. The first kappa shape index (κ1) is 12.5. The smallest absolute Gasteiger partial charge is 0.243 e. The van der Waals surface area contributed by atoms with Gasteiger partial charge in [-0.1, -0.05) is 36.4 Å². The zero-order chi connectivity index (χ0) is 13.8. The van der Waals surface area contributed by atoms with Crippen molar-refractivity contribution in [3.8, 4) is 0 Å². The van der Waals surface area contributed by atoms with Crippen molar-refractivity contribution in [2.45, 2.75) is 12.3 Å². The summed E-state index contributed by atoms with van der Waals surface area (Å²) < 4.78 is 0. The molecule has 1 heterocycles. The second-order valence-corrected chi connectivity index (χ2v) is 4.88. The fourth-order valence-electron chi connectivity index (χ4n) is 2.26. The van der Waals surface area contributed by atoms with Gasteiger partial charge < -0.3 is 0 Å². The molecule has 1 aliphatic rings. The molecule has 0 bridgehead atoms. The minimum absolute atomic E-state index is 0.0148. The van der Waals surface area contributed by atoms with E-state index in [1.54, 1.807) is 18.6 Å². The van der Waals surface area contributed by atoms with Crippen molar-refractivity contribution in [2.75, 3.05) is 0 Å². The van der Waals surface area contributed by atoms with Crippen LogP contribution in [-0.2, 0) is 4.79 Å². The van der Waals surface area contributed by atoms with Gasteiger partial charge in [-0.05, 0) is 24.0 Å². The van der Waals surface area contributed by atoms with Crippen LogP contribution < -0.4 is 5.43 Å². The molecular formula is C16H15N3O. The van der Waals surface area contributed by atoms with E-state index >= 15 is 0 Å². The number of rotatable bonds is 4. The lowest BCUT2D eigenvalue weighted by Crippen LogP contribution is -2.20. The van der Waals surface area contributed by atoms with Crippen molar-refractivity contribution >= 4 is 12.1 Å². The number of hydrogen-bond donors (Lipinski definition) is 1. The Bertz CT molecular complexity index is 610. The average molecular weight is 265 g/mol. The maximum Gasteiger partial charge on any atom is 0.243 e. The molecule has 4 heteroatoms. The molecule has 1 N–H and O–H groups in total. The Morgan fingerprint density at radius 2 is 2.10 bits per heavy atom. The second-order valence-electron chi connectivity index (χ2n) is 4.88. The molecule has 0 unspecified atom stereocenters. The molecule has 1 fully saturated rings. The molecule has 3 rings (SSSR count). The molecule has 100 valence electrons. The molecule has 0 aliphatic heterocycles. The van der Waals surface area contributed by atoms with Crippen molar-refractivity contribution in [3.05, 3.63) is 66.0 Å². The van der Waals surface area contributed by atoms with E-state index < -0.39 is 0 Å². The Labute approximate surface area is 117 Å². The fourth-order valence-corrected chi connectivity index (χ4v) is 2.26. The lowest BCUT2D eigenvalue weighted by atomic mass is 10.1. The molecule has 1 saturated carbocycles. The number of aromatic nitrogens is 1. The van der Waals surface area contributed by atoms with E-state index in [0.29, 0.717) is 5.92 Å². The van der Waals surface area contributed by atoms with Crippen molar-refractivity contribution in [3.63, 3.8) is 0 Å². The minimum atomic E-state index is -0.0148. The summed E-state index contributed by atoms with van der Waals surface area (Å²) in [5.74, 6) is 0.368. The van der Waals surface area contributed by atoms with Gasteiger partial charge in [-0.3, -0.25) is 9.78 Å². The standard InChI is InChI=1S/C16H15N3O/c20-16(19-18-11-12-5-4-8-17-10-12)15-9-14(15)13-6-2-1-3-7-13/h1-8,10-11,14-15H,9H2,(H,19,20)/t14-,15-/m0/s1. The summed E-state index contributed by atoms with van der Waals surface area (Å²) in [6.07, 6.45) is 5.90. The third kappa shape index (κ3) is 2.91. The van der Waals surface area contributed by atoms with Crippen LogP contribution in [0.25, 0.3) is 0 Å². The molecular weight excluding hydrogens is 250 g/mol. The lowest BCUT2D eigenvalue weighted by molar-refractivity contribution is -0.122. The van der Waals surface area contributed by atoms with Gasteiger partial charge in [0.1, 0.15) is 0 Å². The zero-order valence-corrected chi connectivity index (χ0v) is 10.9. The van der Waals surface area contributed by atoms with Gasteiger partial charge in [0.05, 0.1) is 6.21 Å². The van der Waals surface area contributed by atoms with E-state index in [2.05, 4.69) is 27.6 Å². The van der Waals surface area contributed by atoms with Crippen molar-refractivity contribution in [2.24, 2.45) is 11.0 Å². The summed E-state index contributed by atoms with van der Waals surface area (Å²) in [6, 6.07) is 13.8. The SMILES string of the molecule is O=C(NN=Cc1cccnc1)[C@H]1C[C@H]1c1ccccc1. The van der Waals surface area contributed by atoms with E-state index in [4.69, 9.17) is 0 Å². The molecule has 20 heavy (non-hydrogen) atoms. The van der Waals surface area contributed by atoms with Gasteiger partial charge >= 0.3 is 0 Å². The van der Waals surface area contributed by atoms with Gasteiger partial charge in [-0.25, -0.2) is 5.43 Å². The number of benzene rings is 1. The van der Waals surface area contributed by atoms with Crippen molar-refractivity contribution in [1.29, 1.82) is 0 Å². The summed E-state index contributed by atoms with van der Waals surface area (Å²) in [6.45, 7) is 0. The molecule has 0 saturated heterocycles. The molecule has 2 atom stereocenters. The molecule has 0 spiro atoms. The quantitative estimate of drug-likeness (QED) is 0.681. The van der Waals surface area contributed by atoms with E-state index in [-0.39, 0.29) is 11.8 Å². The third-order valence-corrected chi connectivity index (χ3v) is 3.43. The van der Waals surface area contributed by atoms with Crippen molar-refractivity contribution in [1.82, 2.24) is 10.4 Å². The lowest BCUT2D eigenvalue weighted by Gasteiger charge is -1.99. The minimum Gasteiger partial charge on any atom is -0.273 e. The van der Waals surface area contributed by atoms with Crippen LogP contribution in [0, 0.1) is 5.92 Å². The largest absolute Gasteiger partial charge is 0.273 e. The molecule has 2 aromatic rings. The van der Waals surface area contributed by atoms with Crippen LogP contribution in [0.3, 0.4) is 0 Å². The highest BCUT2D eigenvalue weighted by atomic mass is 16.2. The fraction of sp³-hybridized carbons (Fsp3) is 0.188. The van der Waals surface area contributed by atoms with Crippen LogP contribution in [0.5, 0.6) is 0 Å². The Balaban J connectivity index is 1.53. The number of hydrazone groups is 1. The topological polar surface area (TPSA) is 54.4 Å². The highest BCUT2D eigenvalue weighted by Gasteiger charge is 2.43. The number of nitrogens with zero attached hydrogens (tertiary/aromatic N) is 2.